The molecule has 1 aromatic heterocycles. The Labute approximate surface area is 134 Å². The van der Waals surface area contributed by atoms with Gasteiger partial charge >= 0.3 is 0 Å². The third kappa shape index (κ3) is 2.15. The monoisotopic (exact) mass is 309 g/mol. The van der Waals surface area contributed by atoms with E-state index in [-0.39, 0.29) is 5.78 Å². The van der Waals surface area contributed by atoms with Gasteiger partial charge in [0.05, 0.1) is 0 Å². The van der Waals surface area contributed by atoms with Gasteiger partial charge in [-0.3, -0.25) is 4.79 Å². The lowest BCUT2D eigenvalue weighted by atomic mass is 9.94. The van der Waals surface area contributed by atoms with Crippen LogP contribution in [0, 0.1) is 0 Å². The number of ketones is 1. The number of halogens is 1. The number of hydrogen-bond acceptors (Lipinski definition) is 1. The van der Waals surface area contributed by atoms with E-state index in [9.17, 15) is 4.79 Å². The SMILES string of the molecule is O=C1CCCc2c1c1cc(Cl)ccc1n2Cc1ccccc1. The van der Waals surface area contributed by atoms with Crippen molar-refractivity contribution in [3.05, 3.63) is 70.4 Å². The molecule has 3 heteroatoms. The van der Waals surface area contributed by atoms with E-state index in [1.165, 1.54) is 5.56 Å². The standard InChI is InChI=1S/C19H16ClNO/c20-14-9-10-16-15(11-14)19-17(7-4-8-18(19)22)21(16)12-13-5-2-1-3-6-13/h1-3,5-6,9-11H,4,7-8,12H2. The van der Waals surface area contributed by atoms with E-state index in [0.29, 0.717) is 11.4 Å². The van der Waals surface area contributed by atoms with E-state index in [2.05, 4.69) is 28.8 Å². The fraction of sp³-hybridized carbons (Fsp3) is 0.211. The molecule has 22 heavy (non-hydrogen) atoms. The predicted octanol–water partition coefficient (Wildman–Crippen LogP) is 4.86. The zero-order valence-electron chi connectivity index (χ0n) is 12.2. The third-order valence-electron chi connectivity index (χ3n) is 4.41. The van der Waals surface area contributed by atoms with Crippen LogP contribution in [-0.2, 0) is 13.0 Å². The van der Waals surface area contributed by atoms with Gasteiger partial charge in [0.25, 0.3) is 0 Å². The summed E-state index contributed by atoms with van der Waals surface area (Å²) in [5.74, 6) is 0.250. The van der Waals surface area contributed by atoms with Crippen LogP contribution in [0.2, 0.25) is 5.02 Å². The second kappa shape index (κ2) is 5.29. The Morgan fingerprint density at radius 1 is 1.05 bits per heavy atom. The summed E-state index contributed by atoms with van der Waals surface area (Å²) in [7, 11) is 0. The van der Waals surface area contributed by atoms with Crippen LogP contribution in [-0.4, -0.2) is 10.4 Å². The molecule has 3 aromatic rings. The van der Waals surface area contributed by atoms with Crippen molar-refractivity contribution in [2.45, 2.75) is 25.8 Å². The molecule has 0 aliphatic heterocycles. The molecule has 0 N–H and O–H groups in total. The van der Waals surface area contributed by atoms with Gasteiger partial charge < -0.3 is 4.57 Å². The Morgan fingerprint density at radius 3 is 2.68 bits per heavy atom. The molecule has 1 heterocycles. The summed E-state index contributed by atoms with van der Waals surface area (Å²) in [5.41, 5.74) is 4.40. The lowest BCUT2D eigenvalue weighted by Gasteiger charge is -2.15. The summed E-state index contributed by atoms with van der Waals surface area (Å²) < 4.78 is 2.29. The number of benzene rings is 2. The van der Waals surface area contributed by atoms with Crippen molar-refractivity contribution in [1.82, 2.24) is 4.57 Å². The maximum Gasteiger partial charge on any atom is 0.165 e. The molecule has 0 unspecified atom stereocenters. The maximum absolute atomic E-state index is 12.4. The summed E-state index contributed by atoms with van der Waals surface area (Å²) in [6, 6.07) is 16.2. The summed E-state index contributed by atoms with van der Waals surface area (Å²) in [6.45, 7) is 0.793. The van der Waals surface area contributed by atoms with E-state index >= 15 is 0 Å². The molecule has 4 rings (SSSR count). The molecule has 0 atom stereocenters. The van der Waals surface area contributed by atoms with Gasteiger partial charge in [0.1, 0.15) is 0 Å². The highest BCUT2D eigenvalue weighted by Crippen LogP contribution is 2.34. The number of hydrogen-bond donors (Lipinski definition) is 0. The number of rotatable bonds is 2. The molecule has 1 aliphatic rings. The highest BCUT2D eigenvalue weighted by molar-refractivity contribution is 6.31. The summed E-state index contributed by atoms with van der Waals surface area (Å²) in [5, 5.41) is 1.69. The molecule has 0 bridgehead atoms. The highest BCUT2D eigenvalue weighted by Gasteiger charge is 2.25. The average molecular weight is 310 g/mol. The largest absolute Gasteiger partial charge is 0.339 e. The van der Waals surface area contributed by atoms with E-state index in [4.69, 9.17) is 11.6 Å². The number of nitrogens with zero attached hydrogens (tertiary/aromatic N) is 1. The van der Waals surface area contributed by atoms with Gasteiger partial charge in [0.2, 0.25) is 0 Å². The first-order valence-corrected chi connectivity index (χ1v) is 7.99. The van der Waals surface area contributed by atoms with Crippen molar-refractivity contribution < 1.29 is 4.79 Å². The van der Waals surface area contributed by atoms with Gasteiger partial charge in [0, 0.05) is 40.1 Å². The van der Waals surface area contributed by atoms with E-state index < -0.39 is 0 Å². The Balaban J connectivity index is 1.96. The maximum atomic E-state index is 12.4. The number of fused-ring (bicyclic) bond motifs is 3. The molecule has 1 aliphatic carbocycles. The van der Waals surface area contributed by atoms with Crippen LogP contribution in [0.15, 0.2) is 48.5 Å². The first-order valence-electron chi connectivity index (χ1n) is 7.62. The van der Waals surface area contributed by atoms with Gasteiger partial charge in [-0.05, 0) is 36.6 Å². The highest BCUT2D eigenvalue weighted by atomic mass is 35.5. The lowest BCUT2D eigenvalue weighted by molar-refractivity contribution is 0.0973. The first-order chi connectivity index (χ1) is 10.7. The van der Waals surface area contributed by atoms with Crippen LogP contribution < -0.4 is 0 Å². The summed E-state index contributed by atoms with van der Waals surface area (Å²) in [4.78, 5) is 12.4. The van der Waals surface area contributed by atoms with Gasteiger partial charge in [-0.2, -0.15) is 0 Å². The molecule has 0 spiro atoms. The molecule has 0 saturated carbocycles. The van der Waals surface area contributed by atoms with Crippen molar-refractivity contribution in [3.8, 4) is 0 Å². The van der Waals surface area contributed by atoms with E-state index in [1.807, 2.05) is 24.3 Å². The number of Topliss-reactive ketones (excluding diaryl/α,β-unsaturated/α-hetero) is 1. The zero-order chi connectivity index (χ0) is 15.1. The number of carbonyl (C=O) groups excluding carboxylic acids is 1. The Hall–Kier alpha value is -2.06. The summed E-state index contributed by atoms with van der Waals surface area (Å²) in [6.07, 6.45) is 2.54. The molecule has 110 valence electrons. The fourth-order valence-electron chi connectivity index (χ4n) is 3.44. The minimum absolute atomic E-state index is 0.250. The van der Waals surface area contributed by atoms with Gasteiger partial charge in [0.15, 0.2) is 5.78 Å². The third-order valence-corrected chi connectivity index (χ3v) is 4.65. The lowest BCUT2D eigenvalue weighted by Crippen LogP contribution is -2.13. The average Bonchev–Trinajstić information content (AvgIpc) is 2.83. The quantitative estimate of drug-likeness (QED) is 0.662. The van der Waals surface area contributed by atoms with Gasteiger partial charge in [-0.15, -0.1) is 0 Å². The van der Waals surface area contributed by atoms with Crippen molar-refractivity contribution in [2.75, 3.05) is 0 Å². The Morgan fingerprint density at radius 2 is 1.86 bits per heavy atom. The molecular formula is C19H16ClNO. The molecule has 0 fully saturated rings. The first kappa shape index (κ1) is 13.6. The van der Waals surface area contributed by atoms with Crippen molar-refractivity contribution in [1.29, 1.82) is 0 Å². The number of aromatic nitrogens is 1. The number of carbonyl (C=O) groups is 1. The molecule has 2 aromatic carbocycles. The van der Waals surface area contributed by atoms with Gasteiger partial charge in [-0.1, -0.05) is 41.9 Å². The molecule has 0 saturated heterocycles. The smallest absolute Gasteiger partial charge is 0.165 e. The Kier molecular flexibility index (Phi) is 3.27. The molecule has 0 radical (unpaired) electrons. The van der Waals surface area contributed by atoms with Crippen LogP contribution in [0.3, 0.4) is 0 Å². The molecule has 0 amide bonds. The topological polar surface area (TPSA) is 22.0 Å². The van der Waals surface area contributed by atoms with Crippen LogP contribution in [0.4, 0.5) is 0 Å². The van der Waals surface area contributed by atoms with E-state index in [0.717, 1.165) is 41.5 Å². The fourth-order valence-corrected chi connectivity index (χ4v) is 3.61. The van der Waals surface area contributed by atoms with Crippen LogP contribution in [0.1, 0.15) is 34.5 Å². The zero-order valence-corrected chi connectivity index (χ0v) is 12.9. The van der Waals surface area contributed by atoms with Crippen molar-refractivity contribution in [3.63, 3.8) is 0 Å². The summed E-state index contributed by atoms with van der Waals surface area (Å²) >= 11 is 6.16. The normalized spacial score (nSPS) is 14.3. The minimum atomic E-state index is 0.250. The molecular weight excluding hydrogens is 294 g/mol. The van der Waals surface area contributed by atoms with Crippen LogP contribution in [0.25, 0.3) is 10.9 Å². The van der Waals surface area contributed by atoms with Crippen molar-refractivity contribution >= 4 is 28.3 Å². The second-order valence-electron chi connectivity index (χ2n) is 5.83. The van der Waals surface area contributed by atoms with Crippen LogP contribution in [0.5, 0.6) is 0 Å². The Bertz CT molecular complexity index is 864. The minimum Gasteiger partial charge on any atom is -0.339 e. The van der Waals surface area contributed by atoms with Gasteiger partial charge in [-0.25, -0.2) is 0 Å². The second-order valence-corrected chi connectivity index (χ2v) is 6.27. The van der Waals surface area contributed by atoms with E-state index in [1.54, 1.807) is 0 Å². The molecule has 2 nitrogen and oxygen atoms in total. The predicted molar refractivity (Wildman–Crippen MR) is 89.8 cm³/mol. The van der Waals surface area contributed by atoms with Crippen LogP contribution >= 0.6 is 11.6 Å². The van der Waals surface area contributed by atoms with Crippen molar-refractivity contribution in [2.24, 2.45) is 0 Å².